The van der Waals surface area contributed by atoms with Crippen LogP contribution < -0.4 is 4.57 Å². The number of rotatable bonds is 13. The Morgan fingerprint density at radius 2 is 1.77 bits per heavy atom. The van der Waals surface area contributed by atoms with Crippen molar-refractivity contribution in [1.82, 2.24) is 0 Å². The van der Waals surface area contributed by atoms with Crippen LogP contribution in [0.3, 0.4) is 0 Å². The van der Waals surface area contributed by atoms with Crippen LogP contribution in [-0.2, 0) is 11.5 Å². The number of aromatic nitrogens is 1. The van der Waals surface area contributed by atoms with Gasteiger partial charge in [0.2, 0.25) is 0 Å². The lowest BCUT2D eigenvalue weighted by Crippen LogP contribution is -2.34. The predicted octanol–water partition coefficient (Wildman–Crippen LogP) is 4.29. The first kappa shape index (κ1) is 18.6. The number of oxime groups is 1. The summed E-state index contributed by atoms with van der Waals surface area (Å²) in [5.41, 5.74) is 0.858. The second kappa shape index (κ2) is 13.3. The number of hydrogen-bond acceptors (Lipinski definition) is 3. The van der Waals surface area contributed by atoms with Gasteiger partial charge < -0.3 is 9.94 Å². The summed E-state index contributed by atoms with van der Waals surface area (Å²) >= 11 is 0. The first-order valence-electron chi connectivity index (χ1n) is 8.61. The molecular formula is C18H31N2O2+. The molecular weight excluding hydrogens is 276 g/mol. The summed E-state index contributed by atoms with van der Waals surface area (Å²) in [7, 11) is 0. The van der Waals surface area contributed by atoms with Gasteiger partial charge in [0.05, 0.1) is 18.4 Å². The first-order chi connectivity index (χ1) is 10.9. The highest BCUT2D eigenvalue weighted by molar-refractivity contribution is 5.77. The van der Waals surface area contributed by atoms with Gasteiger partial charge >= 0.3 is 0 Å². The molecule has 0 fully saturated rings. The lowest BCUT2D eigenvalue weighted by molar-refractivity contribution is -0.732. The molecule has 1 aromatic rings. The van der Waals surface area contributed by atoms with Crippen LogP contribution in [0.2, 0.25) is 0 Å². The number of nitrogens with zero attached hydrogens (tertiary/aromatic N) is 2. The Morgan fingerprint density at radius 3 is 2.45 bits per heavy atom. The molecule has 0 amide bonds. The van der Waals surface area contributed by atoms with E-state index < -0.39 is 0 Å². The summed E-state index contributed by atoms with van der Waals surface area (Å²) in [6.07, 6.45) is 17.2. The maximum absolute atomic E-state index is 8.52. The molecule has 0 radical (unpaired) electrons. The number of unbranched alkanes of at least 4 members (excludes halogenated alkanes) is 8. The zero-order valence-corrected chi connectivity index (χ0v) is 13.9. The molecule has 0 bridgehead atoms. The molecule has 1 rings (SSSR count). The van der Waals surface area contributed by atoms with Crippen molar-refractivity contribution in [2.75, 3.05) is 6.61 Å². The Hall–Kier alpha value is -1.42. The molecule has 4 nitrogen and oxygen atoms in total. The van der Waals surface area contributed by atoms with E-state index in [1.807, 2.05) is 29.1 Å². The third-order valence-electron chi connectivity index (χ3n) is 3.72. The van der Waals surface area contributed by atoms with Crippen molar-refractivity contribution >= 4 is 6.21 Å². The molecule has 0 aliphatic rings. The predicted molar refractivity (Wildman–Crippen MR) is 89.2 cm³/mol. The van der Waals surface area contributed by atoms with E-state index in [0.29, 0.717) is 6.73 Å². The average molecular weight is 307 g/mol. The molecule has 0 unspecified atom stereocenters. The van der Waals surface area contributed by atoms with Crippen molar-refractivity contribution in [3.63, 3.8) is 0 Å². The highest BCUT2D eigenvalue weighted by Gasteiger charge is 2.01. The maximum Gasteiger partial charge on any atom is 0.252 e. The summed E-state index contributed by atoms with van der Waals surface area (Å²) in [6.45, 7) is 3.61. The topological polar surface area (TPSA) is 45.7 Å². The lowest BCUT2D eigenvalue weighted by atomic mass is 10.1. The quantitative estimate of drug-likeness (QED) is 0.194. The molecule has 0 aromatic carbocycles. The van der Waals surface area contributed by atoms with Crippen LogP contribution in [0.15, 0.2) is 29.7 Å². The molecule has 4 heteroatoms. The van der Waals surface area contributed by atoms with Crippen molar-refractivity contribution in [2.45, 2.75) is 71.4 Å². The van der Waals surface area contributed by atoms with E-state index in [9.17, 15) is 0 Å². The van der Waals surface area contributed by atoms with Crippen LogP contribution in [0.4, 0.5) is 0 Å². The Morgan fingerprint density at radius 1 is 1.09 bits per heavy atom. The molecule has 0 aliphatic heterocycles. The number of pyridine rings is 1. The molecule has 124 valence electrons. The van der Waals surface area contributed by atoms with E-state index in [4.69, 9.17) is 9.94 Å². The van der Waals surface area contributed by atoms with Gasteiger partial charge in [0.15, 0.2) is 12.4 Å². The number of ether oxygens (including phenoxy) is 1. The molecule has 0 saturated carbocycles. The largest absolute Gasteiger partial charge is 0.411 e. The van der Waals surface area contributed by atoms with Gasteiger partial charge in [-0.2, -0.15) is 4.57 Å². The average Bonchev–Trinajstić information content (AvgIpc) is 2.53. The highest BCUT2D eigenvalue weighted by atomic mass is 16.5. The molecule has 1 N–H and O–H groups in total. The summed E-state index contributed by atoms with van der Waals surface area (Å²) in [6, 6.07) is 3.80. The Bertz CT molecular complexity index is 408. The Balaban J connectivity index is 1.96. The van der Waals surface area contributed by atoms with Crippen molar-refractivity contribution in [2.24, 2.45) is 5.16 Å². The van der Waals surface area contributed by atoms with Gasteiger partial charge in [0.25, 0.3) is 6.73 Å². The fourth-order valence-corrected chi connectivity index (χ4v) is 2.45. The van der Waals surface area contributed by atoms with Gasteiger partial charge in [-0.05, 0) is 12.5 Å². The summed E-state index contributed by atoms with van der Waals surface area (Å²) in [5, 5.41) is 11.5. The van der Waals surface area contributed by atoms with Crippen LogP contribution in [0, 0.1) is 0 Å². The minimum Gasteiger partial charge on any atom is -0.411 e. The zero-order chi connectivity index (χ0) is 15.9. The molecule has 1 heterocycles. The molecule has 1 aromatic heterocycles. The van der Waals surface area contributed by atoms with Crippen LogP contribution in [-0.4, -0.2) is 18.0 Å². The fraction of sp³-hybridized carbons (Fsp3) is 0.667. The van der Waals surface area contributed by atoms with Crippen LogP contribution in [0.1, 0.15) is 70.3 Å². The third-order valence-corrected chi connectivity index (χ3v) is 3.72. The van der Waals surface area contributed by atoms with Crippen LogP contribution in [0.5, 0.6) is 0 Å². The maximum atomic E-state index is 8.52. The van der Waals surface area contributed by atoms with Crippen molar-refractivity contribution in [3.8, 4) is 0 Å². The Kier molecular flexibility index (Phi) is 11.2. The number of hydrogen-bond donors (Lipinski definition) is 1. The minimum absolute atomic E-state index is 0.546. The molecule has 0 atom stereocenters. The molecule has 22 heavy (non-hydrogen) atoms. The van der Waals surface area contributed by atoms with E-state index in [0.717, 1.165) is 18.6 Å². The Labute approximate surface area is 134 Å². The summed E-state index contributed by atoms with van der Waals surface area (Å²) in [5.74, 6) is 0. The highest BCUT2D eigenvalue weighted by Crippen LogP contribution is 2.09. The van der Waals surface area contributed by atoms with E-state index in [1.54, 1.807) is 0 Å². The normalized spacial score (nSPS) is 11.3. The fourth-order valence-electron chi connectivity index (χ4n) is 2.45. The smallest absolute Gasteiger partial charge is 0.252 e. The van der Waals surface area contributed by atoms with E-state index in [-0.39, 0.29) is 0 Å². The third kappa shape index (κ3) is 9.50. The van der Waals surface area contributed by atoms with Crippen molar-refractivity contribution in [1.29, 1.82) is 0 Å². The second-order valence-corrected chi connectivity index (χ2v) is 5.76. The lowest BCUT2D eigenvalue weighted by Gasteiger charge is -2.03. The zero-order valence-electron chi connectivity index (χ0n) is 13.9. The van der Waals surface area contributed by atoms with E-state index >= 15 is 0 Å². The SMILES string of the molecule is CCCCCCCCCCCOC[n+]1cccc(/C=N/O)c1. The monoisotopic (exact) mass is 307 g/mol. The van der Waals surface area contributed by atoms with Gasteiger partial charge in [-0.25, -0.2) is 0 Å². The minimum atomic E-state index is 0.546. The van der Waals surface area contributed by atoms with Crippen molar-refractivity contribution < 1.29 is 14.5 Å². The summed E-state index contributed by atoms with van der Waals surface area (Å²) in [4.78, 5) is 0. The van der Waals surface area contributed by atoms with Gasteiger partial charge in [0.1, 0.15) is 0 Å². The van der Waals surface area contributed by atoms with Crippen LogP contribution >= 0.6 is 0 Å². The van der Waals surface area contributed by atoms with Gasteiger partial charge in [0, 0.05) is 6.07 Å². The van der Waals surface area contributed by atoms with Gasteiger partial charge in [-0.3, -0.25) is 0 Å². The molecule has 0 aliphatic carbocycles. The molecule has 0 saturated heterocycles. The van der Waals surface area contributed by atoms with E-state index in [2.05, 4.69) is 12.1 Å². The first-order valence-corrected chi connectivity index (χ1v) is 8.61. The van der Waals surface area contributed by atoms with Gasteiger partial charge in [-0.1, -0.05) is 63.4 Å². The van der Waals surface area contributed by atoms with E-state index in [1.165, 1.54) is 57.6 Å². The van der Waals surface area contributed by atoms with Crippen molar-refractivity contribution in [3.05, 3.63) is 30.1 Å². The second-order valence-electron chi connectivity index (χ2n) is 5.76. The standard InChI is InChI=1S/C18H30N2O2/c1-2-3-4-5-6-7-8-9-10-14-22-17-20-13-11-12-18(16-20)15-19-21/h11-13,15-16H,2-10,14,17H2,1H3/p+1/b19-15+. The van der Waals surface area contributed by atoms with Crippen LogP contribution in [0.25, 0.3) is 0 Å². The van der Waals surface area contributed by atoms with Gasteiger partial charge in [-0.15, -0.1) is 0 Å². The molecule has 0 spiro atoms. The summed E-state index contributed by atoms with van der Waals surface area (Å²) < 4.78 is 7.62.